The van der Waals surface area contributed by atoms with Gasteiger partial charge in [0.15, 0.2) is 0 Å². The van der Waals surface area contributed by atoms with E-state index in [0.717, 1.165) is 48.9 Å². The van der Waals surface area contributed by atoms with Gasteiger partial charge >= 0.3 is 0 Å². The molecule has 0 aromatic carbocycles. The average Bonchev–Trinajstić information content (AvgIpc) is 3.33. The molecule has 28 heavy (non-hydrogen) atoms. The highest BCUT2D eigenvalue weighted by Gasteiger charge is 2.22. The lowest BCUT2D eigenvalue weighted by Crippen LogP contribution is -2.30. The van der Waals surface area contributed by atoms with Crippen LogP contribution in [0, 0.1) is 0 Å². The third-order valence-corrected chi connectivity index (χ3v) is 6.57. The Morgan fingerprint density at radius 1 is 1.25 bits per heavy atom. The zero-order chi connectivity index (χ0) is 18.9. The van der Waals surface area contributed by atoms with Crippen molar-refractivity contribution in [2.24, 2.45) is 0 Å². The quantitative estimate of drug-likeness (QED) is 0.499. The van der Waals surface area contributed by atoms with Gasteiger partial charge in [-0.15, -0.1) is 11.3 Å². The molecule has 7 heteroatoms. The molecule has 1 fully saturated rings. The van der Waals surface area contributed by atoms with E-state index < -0.39 is 0 Å². The minimum Gasteiger partial charge on any atom is -0.379 e. The number of hydrogen-bond acceptors (Lipinski definition) is 6. The first kappa shape index (κ1) is 17.6. The third-order valence-electron chi connectivity index (χ3n) is 5.42. The number of nitrogens with zero attached hydrogens (tertiary/aromatic N) is 3. The molecule has 6 nitrogen and oxygen atoms in total. The minimum atomic E-state index is 0.411. The molecule has 2 N–H and O–H groups in total. The summed E-state index contributed by atoms with van der Waals surface area (Å²) in [6.45, 7) is 2.86. The maximum absolute atomic E-state index is 5.74. The summed E-state index contributed by atoms with van der Waals surface area (Å²) in [5.41, 5.74) is 2.01. The number of ether oxygens (including phenoxy) is 1. The largest absolute Gasteiger partial charge is 0.379 e. The van der Waals surface area contributed by atoms with Crippen LogP contribution in [-0.2, 0) is 4.74 Å². The fourth-order valence-corrected chi connectivity index (χ4v) is 5.05. The van der Waals surface area contributed by atoms with Crippen molar-refractivity contribution in [3.8, 4) is 10.4 Å². The summed E-state index contributed by atoms with van der Waals surface area (Å²) in [7, 11) is 0. The Morgan fingerprint density at radius 3 is 2.96 bits per heavy atom. The maximum atomic E-state index is 5.74. The van der Waals surface area contributed by atoms with E-state index in [2.05, 4.69) is 39.3 Å². The molecule has 0 spiro atoms. The van der Waals surface area contributed by atoms with Gasteiger partial charge in [0.25, 0.3) is 0 Å². The molecule has 5 rings (SSSR count). The topological polar surface area (TPSA) is 75.7 Å². The summed E-state index contributed by atoms with van der Waals surface area (Å²) in [6, 6.07) is 4.65. The van der Waals surface area contributed by atoms with Crippen LogP contribution >= 0.6 is 11.3 Å². The fourth-order valence-electron chi connectivity index (χ4n) is 3.99. The first-order valence-electron chi connectivity index (χ1n) is 9.86. The molecule has 4 aromatic heterocycles. The van der Waals surface area contributed by atoms with Crippen molar-refractivity contribution in [2.75, 3.05) is 11.9 Å². The zero-order valence-corrected chi connectivity index (χ0v) is 16.6. The number of pyridine rings is 1. The molecule has 0 aliphatic heterocycles. The van der Waals surface area contributed by atoms with E-state index in [1.165, 1.54) is 15.0 Å². The molecule has 1 saturated carbocycles. The van der Waals surface area contributed by atoms with E-state index in [-0.39, 0.29) is 0 Å². The van der Waals surface area contributed by atoms with Crippen LogP contribution in [0.2, 0.25) is 0 Å². The highest BCUT2D eigenvalue weighted by molar-refractivity contribution is 7.22. The average molecular weight is 394 g/mol. The lowest BCUT2D eigenvalue weighted by atomic mass is 9.93. The van der Waals surface area contributed by atoms with Gasteiger partial charge in [0.05, 0.1) is 6.10 Å². The number of nitrogens with one attached hydrogen (secondary N) is 2. The van der Waals surface area contributed by atoms with E-state index in [9.17, 15) is 0 Å². The normalized spacial score (nSPS) is 20.0. The summed E-state index contributed by atoms with van der Waals surface area (Å²) in [6.07, 6.45) is 12.5. The monoisotopic (exact) mass is 393 g/mol. The number of fused-ring (bicyclic) bond motifs is 2. The van der Waals surface area contributed by atoms with Crippen molar-refractivity contribution in [3.05, 3.63) is 36.9 Å². The Morgan fingerprint density at radius 2 is 2.14 bits per heavy atom. The summed E-state index contributed by atoms with van der Waals surface area (Å²) in [4.78, 5) is 18.0. The highest BCUT2D eigenvalue weighted by Crippen LogP contribution is 2.36. The predicted octanol–water partition coefficient (Wildman–Crippen LogP) is 4.99. The molecule has 0 bridgehead atoms. The van der Waals surface area contributed by atoms with E-state index in [4.69, 9.17) is 9.72 Å². The van der Waals surface area contributed by atoms with E-state index in [0.29, 0.717) is 18.1 Å². The number of aromatic nitrogens is 4. The van der Waals surface area contributed by atoms with Crippen molar-refractivity contribution in [1.29, 1.82) is 0 Å². The Kier molecular flexibility index (Phi) is 4.70. The second-order valence-electron chi connectivity index (χ2n) is 7.26. The molecule has 0 atom stereocenters. The molecule has 1 aliphatic rings. The molecule has 4 heterocycles. The molecule has 4 aromatic rings. The Hall–Kier alpha value is -2.51. The van der Waals surface area contributed by atoms with Crippen molar-refractivity contribution < 1.29 is 4.74 Å². The van der Waals surface area contributed by atoms with Crippen LogP contribution in [0.15, 0.2) is 36.9 Å². The van der Waals surface area contributed by atoms with Crippen LogP contribution in [0.25, 0.3) is 31.6 Å². The van der Waals surface area contributed by atoms with Crippen molar-refractivity contribution in [2.45, 2.75) is 44.8 Å². The van der Waals surface area contributed by atoms with Gasteiger partial charge in [-0.1, -0.05) is 0 Å². The van der Waals surface area contributed by atoms with Crippen molar-refractivity contribution >= 4 is 38.4 Å². The summed E-state index contributed by atoms with van der Waals surface area (Å²) < 4.78 is 6.98. The fraction of sp³-hybridized carbons (Fsp3) is 0.381. The Balaban J connectivity index is 1.35. The van der Waals surface area contributed by atoms with Crippen LogP contribution < -0.4 is 5.32 Å². The number of thiophene rings is 1. The number of rotatable bonds is 5. The summed E-state index contributed by atoms with van der Waals surface area (Å²) in [5.74, 6) is 0.696. The van der Waals surface area contributed by atoms with Gasteiger partial charge in [0, 0.05) is 63.3 Å². The van der Waals surface area contributed by atoms with Crippen LogP contribution in [0.5, 0.6) is 0 Å². The van der Waals surface area contributed by atoms with Gasteiger partial charge in [-0.05, 0) is 44.7 Å². The predicted molar refractivity (Wildman–Crippen MR) is 114 cm³/mol. The lowest BCUT2D eigenvalue weighted by Gasteiger charge is -2.28. The summed E-state index contributed by atoms with van der Waals surface area (Å²) in [5, 5.41) is 5.71. The van der Waals surface area contributed by atoms with Crippen LogP contribution in [0.3, 0.4) is 0 Å². The standard InChI is InChI=1S/C21H23N5OS/c1-2-27-15-5-3-14(4-6-15)25-21-24-12-17-16(11-23-20(17)26-21)19-9-13-10-22-8-7-18(13)28-19/h7-12,14-15H,2-6H2,1H3,(H2,23,24,25,26). The van der Waals surface area contributed by atoms with Gasteiger partial charge in [0.1, 0.15) is 5.65 Å². The number of aromatic amines is 1. The molecule has 0 amide bonds. The van der Waals surface area contributed by atoms with E-state index >= 15 is 0 Å². The van der Waals surface area contributed by atoms with E-state index in [1.807, 2.05) is 24.8 Å². The number of H-pyrrole nitrogens is 1. The van der Waals surface area contributed by atoms with E-state index in [1.54, 1.807) is 11.3 Å². The molecule has 0 saturated heterocycles. The first-order chi connectivity index (χ1) is 13.8. The van der Waals surface area contributed by atoms with Gasteiger partial charge in [-0.3, -0.25) is 4.98 Å². The Bertz CT molecular complexity index is 1060. The van der Waals surface area contributed by atoms with Gasteiger partial charge in [-0.2, -0.15) is 4.98 Å². The van der Waals surface area contributed by atoms with Crippen LogP contribution in [-0.4, -0.2) is 38.7 Å². The van der Waals surface area contributed by atoms with Crippen LogP contribution in [0.1, 0.15) is 32.6 Å². The summed E-state index contributed by atoms with van der Waals surface area (Å²) >= 11 is 1.76. The molecular weight excluding hydrogens is 370 g/mol. The Labute approximate surface area is 167 Å². The minimum absolute atomic E-state index is 0.411. The molecule has 0 radical (unpaired) electrons. The number of hydrogen-bond donors (Lipinski definition) is 2. The second-order valence-corrected chi connectivity index (χ2v) is 8.34. The number of anilines is 1. The third kappa shape index (κ3) is 3.36. The lowest BCUT2D eigenvalue weighted by molar-refractivity contribution is 0.0346. The SMILES string of the molecule is CCOC1CCC(Nc2ncc3c(-c4cc5cnccc5s4)c[nH]c3n2)CC1. The first-order valence-corrected chi connectivity index (χ1v) is 10.7. The zero-order valence-electron chi connectivity index (χ0n) is 15.8. The molecular formula is C21H23N5OS. The highest BCUT2D eigenvalue weighted by atomic mass is 32.1. The van der Waals surface area contributed by atoms with Gasteiger partial charge in [-0.25, -0.2) is 4.98 Å². The molecule has 144 valence electrons. The second kappa shape index (κ2) is 7.48. The van der Waals surface area contributed by atoms with Gasteiger partial charge < -0.3 is 15.0 Å². The molecule has 0 unspecified atom stereocenters. The van der Waals surface area contributed by atoms with Crippen molar-refractivity contribution in [3.63, 3.8) is 0 Å². The molecule has 1 aliphatic carbocycles. The van der Waals surface area contributed by atoms with Crippen LogP contribution in [0.4, 0.5) is 5.95 Å². The van der Waals surface area contributed by atoms with Gasteiger partial charge in [0.2, 0.25) is 5.95 Å². The smallest absolute Gasteiger partial charge is 0.224 e. The maximum Gasteiger partial charge on any atom is 0.224 e. The van der Waals surface area contributed by atoms with Crippen molar-refractivity contribution in [1.82, 2.24) is 19.9 Å².